The second-order valence-electron chi connectivity index (χ2n) is 4.44. The smallest absolute Gasteiger partial charge is 0.282 e. The van der Waals surface area contributed by atoms with Gasteiger partial charge in [0, 0.05) is 27.4 Å². The van der Waals surface area contributed by atoms with E-state index in [1.54, 1.807) is 41.8 Å². The number of hydrogen-bond acceptors (Lipinski definition) is 3. The van der Waals surface area contributed by atoms with E-state index in [1.165, 1.54) is 4.68 Å². The van der Waals surface area contributed by atoms with Crippen molar-refractivity contribution in [3.05, 3.63) is 56.6 Å². The zero-order valence-electron chi connectivity index (χ0n) is 10.1. The number of nitrogens with zero attached hydrogens (tertiary/aromatic N) is 2. The van der Waals surface area contributed by atoms with Crippen molar-refractivity contribution in [1.82, 2.24) is 14.8 Å². The van der Waals surface area contributed by atoms with Crippen LogP contribution in [0.3, 0.4) is 0 Å². The summed E-state index contributed by atoms with van der Waals surface area (Å²) in [6.45, 7) is 0. The van der Waals surface area contributed by atoms with Crippen molar-refractivity contribution in [3.63, 3.8) is 0 Å². The van der Waals surface area contributed by atoms with Gasteiger partial charge in [0.25, 0.3) is 5.56 Å². The van der Waals surface area contributed by atoms with Gasteiger partial charge in [0.2, 0.25) is 0 Å². The quantitative estimate of drug-likeness (QED) is 0.584. The van der Waals surface area contributed by atoms with Crippen molar-refractivity contribution >= 4 is 33.8 Å². The summed E-state index contributed by atoms with van der Waals surface area (Å²) in [7, 11) is 0. The third kappa shape index (κ3) is 1.60. The van der Waals surface area contributed by atoms with Crippen molar-refractivity contribution in [2.24, 2.45) is 0 Å². The molecule has 2 aromatic rings. The maximum atomic E-state index is 12.4. The first-order chi connectivity index (χ1) is 9.74. The molecule has 0 unspecified atom stereocenters. The first kappa shape index (κ1) is 11.7. The van der Waals surface area contributed by atoms with Crippen molar-refractivity contribution in [2.75, 3.05) is 0 Å². The van der Waals surface area contributed by atoms with Gasteiger partial charge in [0.15, 0.2) is 0 Å². The van der Waals surface area contributed by atoms with Gasteiger partial charge >= 0.3 is 0 Å². The lowest BCUT2D eigenvalue weighted by Crippen LogP contribution is -2.14. The molecule has 0 amide bonds. The van der Waals surface area contributed by atoms with E-state index in [4.69, 9.17) is 11.6 Å². The minimum atomic E-state index is -0.133. The molecule has 98 valence electrons. The molecule has 0 saturated carbocycles. The maximum absolute atomic E-state index is 12.4. The van der Waals surface area contributed by atoms with Gasteiger partial charge in [-0.3, -0.25) is 4.79 Å². The minimum absolute atomic E-state index is 0.133. The number of pyridine rings is 1. The third-order valence-electron chi connectivity index (χ3n) is 3.24. The Morgan fingerprint density at radius 1 is 1.20 bits per heavy atom. The molecule has 1 aromatic carbocycles. The molecule has 0 saturated heterocycles. The topological polar surface area (TPSA) is 50.7 Å². The van der Waals surface area contributed by atoms with Crippen molar-refractivity contribution in [1.29, 1.82) is 0 Å². The minimum Gasteiger partial charge on any atom is -0.360 e. The summed E-state index contributed by atoms with van der Waals surface area (Å²) < 4.78 is 1.41. The Bertz CT molecular complexity index is 935. The van der Waals surface area contributed by atoms with Gasteiger partial charge < -0.3 is 4.98 Å². The molecule has 0 atom stereocenters. The van der Waals surface area contributed by atoms with Crippen LogP contribution in [0.25, 0.3) is 27.8 Å². The fraction of sp³-hybridized carbons (Fsp3) is 0. The molecule has 20 heavy (non-hydrogen) atoms. The van der Waals surface area contributed by atoms with Crippen LogP contribution in [0, 0.1) is 0 Å². The van der Waals surface area contributed by atoms with E-state index < -0.39 is 0 Å². The average Bonchev–Trinajstić information content (AvgIpc) is 3.04. The average molecular weight is 302 g/mol. The fourth-order valence-corrected chi connectivity index (χ4v) is 3.14. The van der Waals surface area contributed by atoms with E-state index in [0.717, 1.165) is 16.6 Å². The van der Waals surface area contributed by atoms with Gasteiger partial charge in [-0.25, -0.2) is 0 Å². The fourth-order valence-electron chi connectivity index (χ4n) is 2.24. The zero-order chi connectivity index (χ0) is 13.7. The molecule has 4 nitrogen and oxygen atoms in total. The van der Waals surface area contributed by atoms with Crippen LogP contribution in [0.2, 0.25) is 5.02 Å². The highest BCUT2D eigenvalue weighted by Gasteiger charge is 2.19. The van der Waals surface area contributed by atoms with Crippen LogP contribution in [-0.2, 0) is 0 Å². The summed E-state index contributed by atoms with van der Waals surface area (Å²) in [4.78, 5) is 15.6. The summed E-state index contributed by atoms with van der Waals surface area (Å²) >= 11 is 7.45. The first-order valence-electron chi connectivity index (χ1n) is 5.96. The molecule has 2 aliphatic heterocycles. The van der Waals surface area contributed by atoms with Gasteiger partial charge in [-0.1, -0.05) is 11.6 Å². The first-order valence-corrected chi connectivity index (χ1v) is 7.28. The van der Waals surface area contributed by atoms with Gasteiger partial charge in [-0.15, -0.1) is 11.3 Å². The highest BCUT2D eigenvalue weighted by Crippen LogP contribution is 2.28. The Hall–Kier alpha value is -2.11. The Labute approximate surface area is 122 Å². The molecule has 6 heteroatoms. The number of thiophene rings is 1. The molecule has 0 fully saturated rings. The van der Waals surface area contributed by atoms with E-state index >= 15 is 0 Å². The van der Waals surface area contributed by atoms with Crippen LogP contribution in [0.4, 0.5) is 0 Å². The third-order valence-corrected chi connectivity index (χ3v) is 4.23. The van der Waals surface area contributed by atoms with Crippen LogP contribution in [0.15, 0.2) is 46.0 Å². The highest BCUT2D eigenvalue weighted by molar-refractivity contribution is 7.09. The Kier molecular flexibility index (Phi) is 2.45. The van der Waals surface area contributed by atoms with Crippen LogP contribution in [0.1, 0.15) is 0 Å². The number of aromatic nitrogens is 3. The Balaban J connectivity index is 2.05. The van der Waals surface area contributed by atoms with Gasteiger partial charge in [0.1, 0.15) is 5.69 Å². The number of nitrogens with one attached hydrogen (secondary N) is 1. The van der Waals surface area contributed by atoms with Crippen LogP contribution < -0.4 is 5.56 Å². The van der Waals surface area contributed by atoms with E-state index in [1.807, 2.05) is 10.8 Å². The number of H-pyrrole nitrogens is 1. The normalized spacial score (nSPS) is 11.4. The molecule has 0 bridgehead atoms. The monoisotopic (exact) mass is 301 g/mol. The lowest BCUT2D eigenvalue weighted by Gasteiger charge is -1.98. The molecular formula is C14H8ClN3OS. The maximum Gasteiger partial charge on any atom is 0.282 e. The Morgan fingerprint density at radius 3 is 2.80 bits per heavy atom. The number of hydrogen-bond donors (Lipinski definition) is 1. The summed E-state index contributed by atoms with van der Waals surface area (Å²) in [5.41, 5.74) is 2.87. The molecule has 4 rings (SSSR count). The number of halogens is 1. The van der Waals surface area contributed by atoms with E-state index in [2.05, 4.69) is 10.1 Å². The molecule has 2 aliphatic rings. The molecule has 0 spiro atoms. The van der Waals surface area contributed by atoms with E-state index in [-0.39, 0.29) is 5.56 Å². The van der Waals surface area contributed by atoms with Crippen molar-refractivity contribution in [2.45, 2.75) is 0 Å². The lowest BCUT2D eigenvalue weighted by atomic mass is 10.2. The van der Waals surface area contributed by atoms with Crippen LogP contribution in [-0.4, -0.2) is 14.8 Å². The molecule has 1 N–H and O–H groups in total. The summed E-state index contributed by atoms with van der Waals surface area (Å²) in [6, 6.07) is 7.05. The summed E-state index contributed by atoms with van der Waals surface area (Å²) in [5.74, 6) is 0. The molecule has 3 heterocycles. The predicted molar refractivity (Wildman–Crippen MR) is 81.2 cm³/mol. The number of fused-ring (bicyclic) bond motifs is 3. The largest absolute Gasteiger partial charge is 0.360 e. The van der Waals surface area contributed by atoms with E-state index in [0.29, 0.717) is 16.3 Å². The summed E-state index contributed by atoms with van der Waals surface area (Å²) in [5, 5.41) is 10.1. The second kappa shape index (κ2) is 4.19. The number of benzene rings is 1. The lowest BCUT2D eigenvalue weighted by molar-refractivity contribution is 0.859. The van der Waals surface area contributed by atoms with Crippen LogP contribution >= 0.6 is 22.9 Å². The predicted octanol–water partition coefficient (Wildman–Crippen LogP) is 3.53. The molecular weight excluding hydrogens is 294 g/mol. The highest BCUT2D eigenvalue weighted by atomic mass is 35.5. The second-order valence-corrected chi connectivity index (χ2v) is 5.62. The van der Waals surface area contributed by atoms with Crippen molar-refractivity contribution in [3.8, 4) is 16.9 Å². The molecule has 1 aromatic heterocycles. The molecule has 0 aliphatic carbocycles. The SMILES string of the molecule is O=c1c2c[nH]c3cscc3c-2nn1-c1ccc(Cl)cc1. The zero-order valence-corrected chi connectivity index (χ0v) is 11.7. The standard InChI is InChI=1S/C14H8ClN3OS/c15-8-1-3-9(4-2-8)18-14(19)10-5-16-12-7-20-6-11(12)13(10)17-18/h1-7,16H. The van der Waals surface area contributed by atoms with Gasteiger partial charge in [0.05, 0.1) is 16.8 Å². The molecule has 0 radical (unpaired) electrons. The Morgan fingerprint density at radius 2 is 2.00 bits per heavy atom. The van der Waals surface area contributed by atoms with Crippen LogP contribution in [0.5, 0.6) is 0 Å². The number of rotatable bonds is 1. The summed E-state index contributed by atoms with van der Waals surface area (Å²) in [6.07, 6.45) is 1.71. The van der Waals surface area contributed by atoms with Gasteiger partial charge in [-0.2, -0.15) is 9.78 Å². The number of aromatic amines is 1. The van der Waals surface area contributed by atoms with Crippen molar-refractivity contribution < 1.29 is 0 Å². The van der Waals surface area contributed by atoms with E-state index in [9.17, 15) is 4.79 Å². The van der Waals surface area contributed by atoms with Gasteiger partial charge in [-0.05, 0) is 24.3 Å².